The lowest BCUT2D eigenvalue weighted by molar-refractivity contribution is 0.0957. The highest BCUT2D eigenvalue weighted by atomic mass is 16.1. The fourth-order valence-electron chi connectivity index (χ4n) is 3.27. The number of aromatic nitrogens is 3. The first-order valence-corrected chi connectivity index (χ1v) is 8.39. The van der Waals surface area contributed by atoms with Crippen LogP contribution in [0.25, 0.3) is 0 Å². The molecule has 0 aliphatic carbocycles. The van der Waals surface area contributed by atoms with Gasteiger partial charge in [0.05, 0.1) is 0 Å². The van der Waals surface area contributed by atoms with Crippen LogP contribution in [0, 0.1) is 5.92 Å². The Labute approximate surface area is 142 Å². The molecule has 1 aliphatic heterocycles. The van der Waals surface area contributed by atoms with E-state index in [0.29, 0.717) is 11.6 Å². The van der Waals surface area contributed by atoms with Crippen LogP contribution < -0.4 is 5.32 Å². The number of carbonyl (C=O) groups is 1. The van der Waals surface area contributed by atoms with Crippen LogP contribution in [0.5, 0.6) is 0 Å². The highest BCUT2D eigenvalue weighted by Gasteiger charge is 2.21. The Kier molecular flexibility index (Phi) is 5.48. The molecule has 0 bridgehead atoms. The summed E-state index contributed by atoms with van der Waals surface area (Å²) in [7, 11) is 1.61. The number of amides is 1. The minimum atomic E-state index is -0.166. The van der Waals surface area contributed by atoms with E-state index in [4.69, 9.17) is 0 Å². The van der Waals surface area contributed by atoms with Crippen molar-refractivity contribution in [1.29, 1.82) is 0 Å². The molecule has 6 heteroatoms. The molecule has 24 heavy (non-hydrogen) atoms. The molecule has 3 heterocycles. The summed E-state index contributed by atoms with van der Waals surface area (Å²) in [6.07, 6.45) is 8.50. The average molecular weight is 325 g/mol. The topological polar surface area (TPSA) is 71.0 Å². The maximum atomic E-state index is 11.7. The zero-order chi connectivity index (χ0) is 16.8. The maximum absolute atomic E-state index is 11.7. The molecule has 1 N–H and O–H groups in total. The molecule has 0 radical (unpaired) electrons. The van der Waals surface area contributed by atoms with Crippen molar-refractivity contribution in [3.05, 3.63) is 53.9 Å². The van der Waals surface area contributed by atoms with Gasteiger partial charge in [0.25, 0.3) is 5.91 Å². The lowest BCUT2D eigenvalue weighted by atomic mass is 9.93. The summed E-state index contributed by atoms with van der Waals surface area (Å²) < 4.78 is 0. The second-order valence-electron chi connectivity index (χ2n) is 6.28. The third-order valence-corrected chi connectivity index (χ3v) is 4.41. The second-order valence-corrected chi connectivity index (χ2v) is 6.28. The molecule has 3 rings (SSSR count). The summed E-state index contributed by atoms with van der Waals surface area (Å²) >= 11 is 0. The van der Waals surface area contributed by atoms with Gasteiger partial charge in [0.15, 0.2) is 0 Å². The van der Waals surface area contributed by atoms with Gasteiger partial charge in [-0.25, -0.2) is 9.97 Å². The lowest BCUT2D eigenvalue weighted by Gasteiger charge is -2.32. The second kappa shape index (κ2) is 7.97. The quantitative estimate of drug-likeness (QED) is 0.906. The Hall–Kier alpha value is -2.34. The molecular weight excluding hydrogens is 302 g/mol. The van der Waals surface area contributed by atoms with Crippen LogP contribution in [0.3, 0.4) is 0 Å². The van der Waals surface area contributed by atoms with Crippen LogP contribution >= 0.6 is 0 Å². The third kappa shape index (κ3) is 4.35. The van der Waals surface area contributed by atoms with Crippen molar-refractivity contribution in [2.24, 2.45) is 5.92 Å². The molecule has 0 spiro atoms. The lowest BCUT2D eigenvalue weighted by Crippen LogP contribution is -2.35. The van der Waals surface area contributed by atoms with Gasteiger partial charge in [-0.3, -0.25) is 14.7 Å². The summed E-state index contributed by atoms with van der Waals surface area (Å²) in [5, 5.41) is 2.60. The Morgan fingerprint density at radius 3 is 3.12 bits per heavy atom. The fraction of sp³-hybridized carbons (Fsp3) is 0.444. The number of hydrogen-bond acceptors (Lipinski definition) is 5. The van der Waals surface area contributed by atoms with Crippen molar-refractivity contribution >= 4 is 5.91 Å². The molecule has 126 valence electrons. The first-order valence-electron chi connectivity index (χ1n) is 8.39. The molecule has 2 aromatic heterocycles. The van der Waals surface area contributed by atoms with Gasteiger partial charge in [0.1, 0.15) is 12.0 Å². The predicted molar refractivity (Wildman–Crippen MR) is 91.4 cm³/mol. The summed E-state index contributed by atoms with van der Waals surface area (Å²) in [5.41, 5.74) is 2.63. The van der Waals surface area contributed by atoms with Crippen LogP contribution in [0.1, 0.15) is 34.6 Å². The first-order chi connectivity index (χ1) is 11.7. The number of carbonyl (C=O) groups excluding carboxylic acids is 1. The van der Waals surface area contributed by atoms with Crippen LogP contribution in [0.4, 0.5) is 0 Å². The zero-order valence-electron chi connectivity index (χ0n) is 14.0. The van der Waals surface area contributed by atoms with E-state index in [1.54, 1.807) is 13.1 Å². The number of piperidine rings is 1. The minimum Gasteiger partial charge on any atom is -0.354 e. The van der Waals surface area contributed by atoms with E-state index in [2.05, 4.69) is 31.2 Å². The molecule has 1 aliphatic rings. The Balaban J connectivity index is 1.60. The molecule has 0 aromatic carbocycles. The molecule has 2 aromatic rings. The number of hydrogen-bond donors (Lipinski definition) is 1. The molecule has 1 atom stereocenters. The Morgan fingerprint density at radius 1 is 1.42 bits per heavy atom. The normalized spacial score (nSPS) is 18.3. The van der Waals surface area contributed by atoms with Crippen molar-refractivity contribution in [3.8, 4) is 0 Å². The number of rotatable bonds is 5. The Morgan fingerprint density at radius 2 is 2.33 bits per heavy atom. The van der Waals surface area contributed by atoms with Crippen LogP contribution in [0.15, 0.2) is 36.9 Å². The molecule has 1 saturated heterocycles. The molecule has 1 amide bonds. The molecule has 1 unspecified atom stereocenters. The molecule has 0 saturated carbocycles. The van der Waals surface area contributed by atoms with Crippen LogP contribution in [0.2, 0.25) is 0 Å². The molecule has 6 nitrogen and oxygen atoms in total. The maximum Gasteiger partial charge on any atom is 0.269 e. The minimum absolute atomic E-state index is 0.166. The molecule has 1 fully saturated rings. The van der Waals surface area contributed by atoms with Crippen molar-refractivity contribution < 1.29 is 4.79 Å². The highest BCUT2D eigenvalue weighted by Crippen LogP contribution is 2.21. The zero-order valence-corrected chi connectivity index (χ0v) is 14.0. The van der Waals surface area contributed by atoms with Gasteiger partial charge in [-0.15, -0.1) is 0 Å². The summed E-state index contributed by atoms with van der Waals surface area (Å²) in [4.78, 5) is 26.7. The van der Waals surface area contributed by atoms with E-state index >= 15 is 0 Å². The van der Waals surface area contributed by atoms with Gasteiger partial charge in [-0.2, -0.15) is 0 Å². The average Bonchev–Trinajstić information content (AvgIpc) is 2.62. The van der Waals surface area contributed by atoms with E-state index in [1.807, 2.05) is 18.5 Å². The molecular formula is C18H23N5O. The smallest absolute Gasteiger partial charge is 0.269 e. The predicted octanol–water partition coefficient (Wildman–Crippen LogP) is 1.69. The summed E-state index contributed by atoms with van der Waals surface area (Å²) in [6, 6.07) is 5.91. The summed E-state index contributed by atoms with van der Waals surface area (Å²) in [5.74, 6) is 0.392. The van der Waals surface area contributed by atoms with Crippen molar-refractivity contribution in [1.82, 2.24) is 25.2 Å². The van der Waals surface area contributed by atoms with Gasteiger partial charge in [-0.1, -0.05) is 6.07 Å². The van der Waals surface area contributed by atoms with Crippen LogP contribution in [-0.4, -0.2) is 45.9 Å². The van der Waals surface area contributed by atoms with Crippen molar-refractivity contribution in [2.45, 2.75) is 25.8 Å². The van der Waals surface area contributed by atoms with Gasteiger partial charge < -0.3 is 5.32 Å². The number of likely N-dealkylation sites (tertiary alicyclic amines) is 1. The van der Waals surface area contributed by atoms with Crippen LogP contribution in [-0.2, 0) is 13.0 Å². The highest BCUT2D eigenvalue weighted by molar-refractivity contribution is 5.91. The van der Waals surface area contributed by atoms with E-state index < -0.39 is 0 Å². The van der Waals surface area contributed by atoms with Gasteiger partial charge in [0.2, 0.25) is 0 Å². The third-order valence-electron chi connectivity index (χ3n) is 4.41. The SMILES string of the molecule is CNC(=O)c1cc(CC2CCCN(Cc3cccnc3)C2)ncn1. The Bertz CT molecular complexity index is 676. The van der Waals surface area contributed by atoms with Gasteiger partial charge >= 0.3 is 0 Å². The fourth-order valence-corrected chi connectivity index (χ4v) is 3.27. The first kappa shape index (κ1) is 16.5. The number of pyridine rings is 1. The van der Waals surface area contributed by atoms with Crippen molar-refractivity contribution in [2.75, 3.05) is 20.1 Å². The standard InChI is InChI=1S/C18H23N5O/c1-19-18(24)17-9-16(21-13-22-17)8-14-5-3-7-23(11-14)12-15-4-2-6-20-10-15/h2,4,6,9-10,13-14H,3,5,7-8,11-12H2,1H3,(H,19,24). The van der Waals surface area contributed by atoms with E-state index in [9.17, 15) is 4.79 Å². The largest absolute Gasteiger partial charge is 0.354 e. The van der Waals surface area contributed by atoms with Crippen molar-refractivity contribution in [3.63, 3.8) is 0 Å². The van der Waals surface area contributed by atoms with E-state index in [0.717, 1.165) is 31.7 Å². The monoisotopic (exact) mass is 325 g/mol. The number of nitrogens with one attached hydrogen (secondary N) is 1. The van der Waals surface area contributed by atoms with Gasteiger partial charge in [0, 0.05) is 38.2 Å². The summed E-state index contributed by atoms with van der Waals surface area (Å²) in [6.45, 7) is 3.12. The van der Waals surface area contributed by atoms with E-state index in [1.165, 1.54) is 24.7 Å². The number of nitrogens with zero attached hydrogens (tertiary/aromatic N) is 4. The van der Waals surface area contributed by atoms with E-state index in [-0.39, 0.29) is 5.91 Å². The van der Waals surface area contributed by atoms with Gasteiger partial charge in [-0.05, 0) is 49.4 Å².